The van der Waals surface area contributed by atoms with E-state index in [2.05, 4.69) is 5.10 Å². The highest BCUT2D eigenvalue weighted by atomic mass is 35.5. The molecule has 0 saturated heterocycles. The van der Waals surface area contributed by atoms with Gasteiger partial charge in [0, 0.05) is 12.2 Å². The summed E-state index contributed by atoms with van der Waals surface area (Å²) >= 11 is 6.44. The third-order valence-electron chi connectivity index (χ3n) is 5.26. The van der Waals surface area contributed by atoms with Gasteiger partial charge in [0.1, 0.15) is 16.5 Å². The molecule has 9 heteroatoms. The summed E-state index contributed by atoms with van der Waals surface area (Å²) in [4.78, 5) is 27.1. The van der Waals surface area contributed by atoms with Crippen LogP contribution in [-0.4, -0.2) is 41.4 Å². The van der Waals surface area contributed by atoms with Crippen LogP contribution in [0.25, 0.3) is 0 Å². The molecule has 0 radical (unpaired) electrons. The molecule has 0 unspecified atom stereocenters. The van der Waals surface area contributed by atoms with Gasteiger partial charge in [0.25, 0.3) is 5.91 Å². The number of hydrogen-bond donors (Lipinski definition) is 0. The van der Waals surface area contributed by atoms with Gasteiger partial charge in [-0.3, -0.25) is 4.79 Å². The highest BCUT2D eigenvalue weighted by molar-refractivity contribution is 6.32. The van der Waals surface area contributed by atoms with Crippen molar-refractivity contribution < 1.29 is 19.1 Å². The van der Waals surface area contributed by atoms with Gasteiger partial charge in [-0.05, 0) is 50.6 Å². The molecule has 0 spiro atoms. The summed E-state index contributed by atoms with van der Waals surface area (Å²) in [5.74, 6) is -0.523. The highest BCUT2D eigenvalue weighted by Crippen LogP contribution is 2.23. The van der Waals surface area contributed by atoms with E-state index in [1.54, 1.807) is 31.2 Å². The minimum absolute atomic E-state index is 0.122. The summed E-state index contributed by atoms with van der Waals surface area (Å²) in [6.07, 6.45) is 0.129. The fourth-order valence-electron chi connectivity index (χ4n) is 3.48. The summed E-state index contributed by atoms with van der Waals surface area (Å²) < 4.78 is 12.3. The van der Waals surface area contributed by atoms with Crippen LogP contribution < -0.4 is 9.64 Å². The van der Waals surface area contributed by atoms with E-state index in [4.69, 9.17) is 26.3 Å². The predicted octanol–water partition coefficient (Wildman–Crippen LogP) is 4.70. The second-order valence-electron chi connectivity index (χ2n) is 7.85. The first-order valence-corrected chi connectivity index (χ1v) is 11.6. The van der Waals surface area contributed by atoms with Gasteiger partial charge in [-0.2, -0.15) is 10.4 Å². The number of aromatic nitrogens is 2. The Kier molecular flexibility index (Phi) is 8.87. The van der Waals surface area contributed by atoms with Gasteiger partial charge in [0.2, 0.25) is 0 Å². The first-order chi connectivity index (χ1) is 16.8. The first-order valence-electron chi connectivity index (χ1n) is 11.2. The van der Waals surface area contributed by atoms with E-state index in [1.165, 1.54) is 9.58 Å². The molecular weight excluding hydrogens is 468 g/mol. The van der Waals surface area contributed by atoms with Gasteiger partial charge < -0.3 is 14.4 Å². The third kappa shape index (κ3) is 6.61. The predicted molar refractivity (Wildman–Crippen MR) is 133 cm³/mol. The van der Waals surface area contributed by atoms with Crippen LogP contribution in [0.4, 0.5) is 5.69 Å². The van der Waals surface area contributed by atoms with E-state index >= 15 is 0 Å². The number of carbonyl (C=O) groups excluding carboxylic acids is 2. The van der Waals surface area contributed by atoms with Crippen LogP contribution in [0.5, 0.6) is 5.75 Å². The van der Waals surface area contributed by atoms with Crippen molar-refractivity contribution in [1.29, 1.82) is 5.26 Å². The maximum atomic E-state index is 12.9. The number of anilines is 1. The number of ether oxygens (including phenoxy) is 2. The van der Waals surface area contributed by atoms with Crippen molar-refractivity contribution >= 4 is 29.2 Å². The lowest BCUT2D eigenvalue weighted by atomic mass is 10.1. The van der Waals surface area contributed by atoms with Crippen molar-refractivity contribution in [1.82, 2.24) is 9.78 Å². The Hall–Kier alpha value is -3.83. The van der Waals surface area contributed by atoms with Crippen LogP contribution in [0.2, 0.25) is 5.15 Å². The van der Waals surface area contributed by atoms with Crippen LogP contribution >= 0.6 is 11.6 Å². The number of halogens is 1. The number of esters is 1. The van der Waals surface area contributed by atoms with Crippen LogP contribution in [0.3, 0.4) is 0 Å². The van der Waals surface area contributed by atoms with E-state index in [0.717, 1.165) is 11.1 Å². The van der Waals surface area contributed by atoms with Gasteiger partial charge in [0.05, 0.1) is 31.3 Å². The number of nitriles is 1. The summed E-state index contributed by atoms with van der Waals surface area (Å²) in [6.45, 7) is 6.12. The van der Waals surface area contributed by atoms with E-state index in [1.807, 2.05) is 44.2 Å². The molecule has 1 amide bonds. The Bertz CT molecular complexity index is 1210. The van der Waals surface area contributed by atoms with E-state index in [0.29, 0.717) is 30.3 Å². The number of carbonyl (C=O) groups is 2. The zero-order valence-electron chi connectivity index (χ0n) is 20.0. The lowest BCUT2D eigenvalue weighted by Gasteiger charge is -2.22. The zero-order chi connectivity index (χ0) is 25.4. The molecule has 8 nitrogen and oxygen atoms in total. The largest absolute Gasteiger partial charge is 0.494 e. The molecule has 0 aliphatic carbocycles. The molecule has 3 rings (SSSR count). The van der Waals surface area contributed by atoms with Crippen molar-refractivity contribution in [2.75, 3.05) is 24.7 Å². The topological polar surface area (TPSA) is 97.4 Å². The molecule has 2 aromatic carbocycles. The Balaban J connectivity index is 1.69. The van der Waals surface area contributed by atoms with E-state index < -0.39 is 18.5 Å². The minimum atomic E-state index is -0.733. The smallest absolute Gasteiger partial charge is 0.343 e. The summed E-state index contributed by atoms with van der Waals surface area (Å²) in [5.41, 5.74) is 3.23. The molecule has 0 fully saturated rings. The van der Waals surface area contributed by atoms with Crippen molar-refractivity contribution in [2.24, 2.45) is 0 Å². The Morgan fingerprint density at radius 1 is 1.11 bits per heavy atom. The number of hydrogen-bond acceptors (Lipinski definition) is 6. The van der Waals surface area contributed by atoms with Crippen LogP contribution in [-0.2, 0) is 16.1 Å². The minimum Gasteiger partial charge on any atom is -0.494 e. The van der Waals surface area contributed by atoms with Gasteiger partial charge >= 0.3 is 5.97 Å². The summed E-state index contributed by atoms with van der Waals surface area (Å²) in [5, 5.41) is 13.5. The highest BCUT2D eigenvalue weighted by Gasteiger charge is 2.24. The quantitative estimate of drug-likeness (QED) is 0.379. The number of benzene rings is 2. The van der Waals surface area contributed by atoms with Gasteiger partial charge in [-0.15, -0.1) is 0 Å². The fourth-order valence-corrected chi connectivity index (χ4v) is 3.79. The average Bonchev–Trinajstić information content (AvgIpc) is 3.13. The third-order valence-corrected chi connectivity index (χ3v) is 5.64. The number of aryl methyl sites for hydroxylation is 2. The average molecular weight is 495 g/mol. The summed E-state index contributed by atoms with van der Waals surface area (Å²) in [7, 11) is 0. The normalized spacial score (nSPS) is 10.5. The van der Waals surface area contributed by atoms with Crippen molar-refractivity contribution in [3.05, 3.63) is 76.1 Å². The lowest BCUT2D eigenvalue weighted by molar-refractivity contribution is -0.121. The molecule has 0 atom stereocenters. The molecular formula is C26H27ClN4O4. The number of nitrogens with zero attached hydrogens (tertiary/aromatic N) is 4. The number of rotatable bonds is 10. The van der Waals surface area contributed by atoms with Crippen LogP contribution in [0.1, 0.15) is 40.5 Å². The van der Waals surface area contributed by atoms with Crippen molar-refractivity contribution in [2.45, 2.75) is 33.7 Å². The van der Waals surface area contributed by atoms with Gasteiger partial charge in [0.15, 0.2) is 6.61 Å². The van der Waals surface area contributed by atoms with E-state index in [-0.39, 0.29) is 23.7 Å². The molecule has 0 saturated carbocycles. The second kappa shape index (κ2) is 12.0. The maximum Gasteiger partial charge on any atom is 0.343 e. The molecule has 0 bridgehead atoms. The molecule has 3 aromatic rings. The van der Waals surface area contributed by atoms with Crippen molar-refractivity contribution in [3.8, 4) is 11.8 Å². The van der Waals surface area contributed by atoms with E-state index in [9.17, 15) is 9.59 Å². The maximum absolute atomic E-state index is 12.9. The van der Waals surface area contributed by atoms with Crippen LogP contribution in [0, 0.1) is 25.2 Å². The monoisotopic (exact) mass is 494 g/mol. The Morgan fingerprint density at radius 2 is 1.80 bits per heavy atom. The standard InChI is InChI=1S/C26H27ClN4O4/c1-4-34-22-12-10-21(11-13-22)30(15-5-14-28)23(32)17-35-26(33)24-19(3)29-31(25(24)27)16-20-8-6-18(2)7-9-20/h6-13H,4-5,15-17H2,1-3H3. The molecule has 182 valence electrons. The SMILES string of the molecule is CCOc1ccc(N(CCC#N)C(=O)COC(=O)c2c(C)nn(Cc3ccc(C)cc3)c2Cl)cc1. The van der Waals surface area contributed by atoms with Gasteiger partial charge in [-0.1, -0.05) is 41.4 Å². The molecule has 1 aromatic heterocycles. The molecule has 0 N–H and O–H groups in total. The zero-order valence-corrected chi connectivity index (χ0v) is 20.7. The first kappa shape index (κ1) is 25.8. The Labute approximate surface area is 209 Å². The Morgan fingerprint density at radius 3 is 2.43 bits per heavy atom. The van der Waals surface area contributed by atoms with Crippen molar-refractivity contribution in [3.63, 3.8) is 0 Å². The second-order valence-corrected chi connectivity index (χ2v) is 8.21. The van der Waals surface area contributed by atoms with Gasteiger partial charge in [-0.25, -0.2) is 9.48 Å². The molecule has 1 heterocycles. The fraction of sp³-hybridized carbons (Fsp3) is 0.308. The molecule has 0 aliphatic heterocycles. The lowest BCUT2D eigenvalue weighted by Crippen LogP contribution is -2.35. The summed E-state index contributed by atoms with van der Waals surface area (Å²) in [6, 6.07) is 16.9. The van der Waals surface area contributed by atoms with Crippen LogP contribution in [0.15, 0.2) is 48.5 Å². The molecule has 35 heavy (non-hydrogen) atoms. The number of amides is 1. The molecule has 0 aliphatic rings.